The molecule has 2 aromatic rings. The Labute approximate surface area is 117 Å². The first-order valence-corrected chi connectivity index (χ1v) is 6.53. The van der Waals surface area contributed by atoms with Crippen molar-refractivity contribution in [2.24, 2.45) is 0 Å². The third kappa shape index (κ3) is 2.32. The molecule has 1 aliphatic rings. The lowest BCUT2D eigenvalue weighted by molar-refractivity contribution is 0.0697. The molecule has 0 aliphatic carbocycles. The zero-order chi connectivity index (χ0) is 14.2. The van der Waals surface area contributed by atoms with Gasteiger partial charge in [0.15, 0.2) is 0 Å². The number of carbonyl (C=O) groups is 1. The van der Waals surface area contributed by atoms with Crippen molar-refractivity contribution in [3.63, 3.8) is 0 Å². The van der Waals surface area contributed by atoms with Gasteiger partial charge in [0.05, 0.1) is 16.9 Å². The van der Waals surface area contributed by atoms with E-state index in [2.05, 4.69) is 17.6 Å². The van der Waals surface area contributed by atoms with Crippen LogP contribution in [0, 0.1) is 0 Å². The van der Waals surface area contributed by atoms with Gasteiger partial charge in [-0.05, 0) is 36.8 Å². The minimum absolute atomic E-state index is 0.256. The molecule has 4 heteroatoms. The van der Waals surface area contributed by atoms with Crippen LogP contribution in [0.3, 0.4) is 0 Å². The number of para-hydroxylation sites is 2. The molecule has 0 saturated carbocycles. The number of hydrogen-bond acceptors (Lipinski definition) is 3. The zero-order valence-electron chi connectivity index (χ0n) is 11.2. The Morgan fingerprint density at radius 3 is 2.10 bits per heavy atom. The second-order valence-corrected chi connectivity index (χ2v) is 5.31. The normalized spacial score (nSPS) is 15.1. The van der Waals surface area contributed by atoms with E-state index in [1.807, 2.05) is 36.4 Å². The Bertz CT molecular complexity index is 625. The lowest BCUT2D eigenvalue weighted by Gasteiger charge is -2.26. The van der Waals surface area contributed by atoms with Gasteiger partial charge in [0.2, 0.25) is 0 Å². The minimum Gasteiger partial charge on any atom is -0.478 e. The average molecular weight is 268 g/mol. The number of rotatable bonds is 3. The molecule has 0 radical (unpaired) electrons. The summed E-state index contributed by atoms with van der Waals surface area (Å²) in [4.78, 5) is 10.8. The van der Waals surface area contributed by atoms with Gasteiger partial charge in [-0.3, -0.25) is 0 Å². The smallest absolute Gasteiger partial charge is 0.335 e. The van der Waals surface area contributed by atoms with Gasteiger partial charge in [0, 0.05) is 6.42 Å². The van der Waals surface area contributed by atoms with Crippen LogP contribution in [0.2, 0.25) is 0 Å². The quantitative estimate of drug-likeness (QED) is 0.800. The molecule has 0 atom stereocenters. The fourth-order valence-corrected chi connectivity index (χ4v) is 2.59. The maximum Gasteiger partial charge on any atom is 0.335 e. The summed E-state index contributed by atoms with van der Waals surface area (Å²) in [6.45, 7) is 2.10. The summed E-state index contributed by atoms with van der Waals surface area (Å²) in [5.74, 6) is -0.896. The van der Waals surface area contributed by atoms with Gasteiger partial charge in [-0.25, -0.2) is 4.79 Å². The number of anilines is 2. The maximum absolute atomic E-state index is 10.8. The second kappa shape index (κ2) is 4.56. The van der Waals surface area contributed by atoms with E-state index in [0.29, 0.717) is 5.56 Å². The molecular weight excluding hydrogens is 252 g/mol. The van der Waals surface area contributed by atoms with E-state index in [9.17, 15) is 4.79 Å². The van der Waals surface area contributed by atoms with Crippen molar-refractivity contribution in [2.75, 3.05) is 10.6 Å². The van der Waals surface area contributed by atoms with Crippen molar-refractivity contribution in [1.82, 2.24) is 0 Å². The first kappa shape index (κ1) is 12.5. The molecular formula is C16H16N2O2. The maximum atomic E-state index is 10.8. The van der Waals surface area contributed by atoms with Gasteiger partial charge < -0.3 is 15.7 Å². The van der Waals surface area contributed by atoms with Crippen LogP contribution in [0.4, 0.5) is 11.4 Å². The molecule has 102 valence electrons. The monoisotopic (exact) mass is 268 g/mol. The standard InChI is InChI=1S/C16H16N2O2/c1-16(17-13-4-2-3-5-14(13)18-16)10-11-6-8-12(9-7-11)15(19)20/h2-9,17-18H,10H2,1H3,(H,19,20). The Balaban J connectivity index is 1.77. The third-order valence-electron chi connectivity index (χ3n) is 3.51. The Morgan fingerprint density at radius 1 is 1.05 bits per heavy atom. The largest absolute Gasteiger partial charge is 0.478 e. The highest BCUT2D eigenvalue weighted by molar-refractivity contribution is 5.87. The fraction of sp³-hybridized carbons (Fsp3) is 0.188. The van der Waals surface area contributed by atoms with Gasteiger partial charge in [-0.1, -0.05) is 24.3 Å². The van der Waals surface area contributed by atoms with Gasteiger partial charge in [-0.15, -0.1) is 0 Å². The average Bonchev–Trinajstić information content (AvgIpc) is 2.75. The minimum atomic E-state index is -0.896. The Kier molecular flexibility index (Phi) is 2.86. The molecule has 20 heavy (non-hydrogen) atoms. The summed E-state index contributed by atoms with van der Waals surface area (Å²) in [6, 6.07) is 15.1. The molecule has 0 aromatic heterocycles. The van der Waals surface area contributed by atoms with Gasteiger partial charge in [0.25, 0.3) is 0 Å². The van der Waals surface area contributed by atoms with Crippen molar-refractivity contribution in [1.29, 1.82) is 0 Å². The molecule has 3 N–H and O–H groups in total. The predicted molar refractivity (Wildman–Crippen MR) is 79.2 cm³/mol. The van der Waals surface area contributed by atoms with Crippen molar-refractivity contribution < 1.29 is 9.90 Å². The van der Waals surface area contributed by atoms with E-state index in [-0.39, 0.29) is 5.66 Å². The van der Waals surface area contributed by atoms with E-state index in [0.717, 1.165) is 23.4 Å². The highest BCUT2D eigenvalue weighted by Crippen LogP contribution is 2.34. The number of hydrogen-bond donors (Lipinski definition) is 3. The van der Waals surface area contributed by atoms with Crippen LogP contribution < -0.4 is 10.6 Å². The molecule has 0 spiro atoms. The topological polar surface area (TPSA) is 61.4 Å². The zero-order valence-corrected chi connectivity index (χ0v) is 11.2. The van der Waals surface area contributed by atoms with E-state index in [4.69, 9.17) is 5.11 Å². The van der Waals surface area contributed by atoms with E-state index >= 15 is 0 Å². The summed E-state index contributed by atoms with van der Waals surface area (Å²) in [7, 11) is 0. The highest BCUT2D eigenvalue weighted by atomic mass is 16.4. The predicted octanol–water partition coefficient (Wildman–Crippen LogP) is 3.18. The number of benzene rings is 2. The number of aromatic carboxylic acids is 1. The fourth-order valence-electron chi connectivity index (χ4n) is 2.59. The van der Waals surface area contributed by atoms with Crippen LogP contribution >= 0.6 is 0 Å². The third-order valence-corrected chi connectivity index (χ3v) is 3.51. The first-order chi connectivity index (χ1) is 9.56. The summed E-state index contributed by atoms with van der Waals surface area (Å²) < 4.78 is 0. The van der Waals surface area contributed by atoms with Crippen molar-refractivity contribution in [3.8, 4) is 0 Å². The Hall–Kier alpha value is -2.49. The van der Waals surface area contributed by atoms with E-state index in [1.54, 1.807) is 12.1 Å². The molecule has 0 fully saturated rings. The van der Waals surface area contributed by atoms with Crippen LogP contribution in [0.15, 0.2) is 48.5 Å². The first-order valence-electron chi connectivity index (χ1n) is 6.53. The molecule has 0 unspecified atom stereocenters. The number of carboxylic acids is 1. The molecule has 2 aromatic carbocycles. The number of carboxylic acid groups (broad SMARTS) is 1. The summed E-state index contributed by atoms with van der Waals surface area (Å²) >= 11 is 0. The molecule has 1 aliphatic heterocycles. The molecule has 0 amide bonds. The van der Waals surface area contributed by atoms with Crippen LogP contribution in [-0.4, -0.2) is 16.7 Å². The van der Waals surface area contributed by atoms with Crippen LogP contribution in [0.5, 0.6) is 0 Å². The SMILES string of the molecule is CC1(Cc2ccc(C(=O)O)cc2)Nc2ccccc2N1. The summed E-state index contributed by atoms with van der Waals surface area (Å²) in [5.41, 5.74) is 3.34. The van der Waals surface area contributed by atoms with Crippen LogP contribution in [-0.2, 0) is 6.42 Å². The lowest BCUT2D eigenvalue weighted by Crippen LogP contribution is -2.40. The van der Waals surface area contributed by atoms with Gasteiger partial charge in [-0.2, -0.15) is 0 Å². The van der Waals surface area contributed by atoms with Gasteiger partial charge >= 0.3 is 5.97 Å². The van der Waals surface area contributed by atoms with Crippen molar-refractivity contribution >= 4 is 17.3 Å². The number of fused-ring (bicyclic) bond motifs is 1. The second-order valence-electron chi connectivity index (χ2n) is 5.31. The summed E-state index contributed by atoms with van der Waals surface area (Å²) in [5, 5.41) is 15.8. The number of nitrogens with one attached hydrogen (secondary N) is 2. The molecule has 0 bridgehead atoms. The highest BCUT2D eigenvalue weighted by Gasteiger charge is 2.31. The molecule has 0 saturated heterocycles. The molecule has 3 rings (SSSR count). The Morgan fingerprint density at radius 2 is 1.60 bits per heavy atom. The van der Waals surface area contributed by atoms with Crippen LogP contribution in [0.1, 0.15) is 22.8 Å². The lowest BCUT2D eigenvalue weighted by atomic mass is 10.0. The van der Waals surface area contributed by atoms with E-state index in [1.165, 1.54) is 0 Å². The van der Waals surface area contributed by atoms with Crippen molar-refractivity contribution in [2.45, 2.75) is 19.0 Å². The van der Waals surface area contributed by atoms with Crippen molar-refractivity contribution in [3.05, 3.63) is 59.7 Å². The van der Waals surface area contributed by atoms with E-state index < -0.39 is 5.97 Å². The molecule has 1 heterocycles. The van der Waals surface area contributed by atoms with Gasteiger partial charge in [0.1, 0.15) is 5.66 Å². The summed E-state index contributed by atoms with van der Waals surface area (Å²) in [6.07, 6.45) is 0.765. The molecule has 4 nitrogen and oxygen atoms in total. The van der Waals surface area contributed by atoms with Crippen LogP contribution in [0.25, 0.3) is 0 Å².